The zero-order valence-electron chi connectivity index (χ0n) is 17.5. The number of halogens is 2. The first-order valence-corrected chi connectivity index (χ1v) is 10.4. The lowest BCUT2D eigenvalue weighted by atomic mass is 10.0. The number of carbonyl (C=O) groups is 1. The molecule has 0 aliphatic heterocycles. The number of hydrogen-bond donors (Lipinski definition) is 1. The smallest absolute Gasteiger partial charge is 0.266 e. The number of benzene rings is 3. The first kappa shape index (κ1) is 23.0. The second-order valence-electron chi connectivity index (χ2n) is 6.84. The molecule has 0 aliphatic carbocycles. The molecule has 0 aromatic heterocycles. The van der Waals surface area contributed by atoms with Crippen molar-refractivity contribution in [2.24, 2.45) is 0 Å². The third-order valence-electron chi connectivity index (χ3n) is 4.69. The van der Waals surface area contributed by atoms with Crippen LogP contribution in [0.2, 0.25) is 0 Å². The summed E-state index contributed by atoms with van der Waals surface area (Å²) in [5.41, 5.74) is 2.72. The van der Waals surface area contributed by atoms with Crippen molar-refractivity contribution in [1.29, 1.82) is 5.26 Å². The number of ether oxygens (including phenoxy) is 2. The SMILES string of the molecule is COc1ccc(NC(=O)/C(C#N)=C/c2cc(Br)c(Cc3cccc(F)c3)c(OC)c2)cc1. The molecular formula is C25H20BrFN2O3. The van der Waals surface area contributed by atoms with Crippen LogP contribution in [0.5, 0.6) is 11.5 Å². The lowest BCUT2D eigenvalue weighted by molar-refractivity contribution is -0.112. The summed E-state index contributed by atoms with van der Waals surface area (Å²) in [7, 11) is 3.09. The van der Waals surface area contributed by atoms with Gasteiger partial charge >= 0.3 is 0 Å². The molecule has 0 fully saturated rings. The molecule has 0 unspecified atom stereocenters. The summed E-state index contributed by atoms with van der Waals surface area (Å²) in [5.74, 6) is 0.382. The maximum atomic E-state index is 13.5. The van der Waals surface area contributed by atoms with Crippen LogP contribution in [0.25, 0.3) is 6.08 Å². The van der Waals surface area contributed by atoms with Crippen LogP contribution in [-0.2, 0) is 11.2 Å². The molecule has 0 heterocycles. The molecule has 1 N–H and O–H groups in total. The van der Waals surface area contributed by atoms with E-state index >= 15 is 0 Å². The summed E-state index contributed by atoms with van der Waals surface area (Å²) in [4.78, 5) is 12.6. The van der Waals surface area contributed by atoms with E-state index in [4.69, 9.17) is 9.47 Å². The predicted octanol–water partition coefficient (Wildman–Crippen LogP) is 5.74. The van der Waals surface area contributed by atoms with Crippen LogP contribution in [-0.4, -0.2) is 20.1 Å². The summed E-state index contributed by atoms with van der Waals surface area (Å²) >= 11 is 3.53. The third kappa shape index (κ3) is 5.74. The Balaban J connectivity index is 1.85. The minimum Gasteiger partial charge on any atom is -0.497 e. The van der Waals surface area contributed by atoms with Crippen molar-refractivity contribution in [2.75, 3.05) is 19.5 Å². The van der Waals surface area contributed by atoms with E-state index in [0.717, 1.165) is 15.6 Å². The van der Waals surface area contributed by atoms with Gasteiger partial charge in [-0.3, -0.25) is 4.79 Å². The van der Waals surface area contributed by atoms with E-state index in [1.807, 2.05) is 12.1 Å². The molecule has 0 aliphatic rings. The van der Waals surface area contributed by atoms with E-state index in [9.17, 15) is 14.4 Å². The Morgan fingerprint density at radius 1 is 1.12 bits per heavy atom. The van der Waals surface area contributed by atoms with Gasteiger partial charge in [-0.1, -0.05) is 28.1 Å². The number of nitrogens with zero attached hydrogens (tertiary/aromatic N) is 1. The third-order valence-corrected chi connectivity index (χ3v) is 5.40. The Morgan fingerprint density at radius 3 is 2.50 bits per heavy atom. The number of nitrogens with one attached hydrogen (secondary N) is 1. The van der Waals surface area contributed by atoms with Crippen molar-refractivity contribution in [3.63, 3.8) is 0 Å². The van der Waals surface area contributed by atoms with Gasteiger partial charge < -0.3 is 14.8 Å². The lowest BCUT2D eigenvalue weighted by Gasteiger charge is -2.13. The second kappa shape index (κ2) is 10.6. The molecule has 0 spiro atoms. The standard InChI is InChI=1S/C25H20BrFN2O3/c1-31-21-8-6-20(7-9-21)29-25(30)18(15-28)10-17-13-23(26)22(24(14-17)32-2)12-16-4-3-5-19(27)11-16/h3-11,13-14H,12H2,1-2H3,(H,29,30)/b18-10+. The average molecular weight is 495 g/mol. The van der Waals surface area contributed by atoms with Gasteiger partial charge in [0.1, 0.15) is 29.0 Å². The molecule has 0 atom stereocenters. The Bertz CT molecular complexity index is 1200. The van der Waals surface area contributed by atoms with E-state index < -0.39 is 5.91 Å². The fraction of sp³-hybridized carbons (Fsp3) is 0.120. The predicted molar refractivity (Wildman–Crippen MR) is 125 cm³/mol. The maximum absolute atomic E-state index is 13.5. The molecule has 32 heavy (non-hydrogen) atoms. The molecule has 3 aromatic carbocycles. The van der Waals surface area contributed by atoms with E-state index in [2.05, 4.69) is 21.2 Å². The molecule has 0 saturated carbocycles. The molecule has 0 saturated heterocycles. The quantitative estimate of drug-likeness (QED) is 0.335. The van der Waals surface area contributed by atoms with Crippen molar-refractivity contribution in [1.82, 2.24) is 0 Å². The second-order valence-corrected chi connectivity index (χ2v) is 7.70. The van der Waals surface area contributed by atoms with Crippen LogP contribution < -0.4 is 14.8 Å². The summed E-state index contributed by atoms with van der Waals surface area (Å²) in [6.45, 7) is 0. The highest BCUT2D eigenvalue weighted by atomic mass is 79.9. The van der Waals surface area contributed by atoms with Crippen LogP contribution in [0, 0.1) is 17.1 Å². The van der Waals surface area contributed by atoms with Crippen molar-refractivity contribution in [3.05, 3.63) is 93.2 Å². The molecule has 5 nitrogen and oxygen atoms in total. The topological polar surface area (TPSA) is 71.3 Å². The van der Waals surface area contributed by atoms with Gasteiger partial charge in [0.25, 0.3) is 5.91 Å². The number of hydrogen-bond acceptors (Lipinski definition) is 4. The van der Waals surface area contributed by atoms with Crippen molar-refractivity contribution < 1.29 is 18.7 Å². The zero-order valence-corrected chi connectivity index (χ0v) is 19.1. The summed E-state index contributed by atoms with van der Waals surface area (Å²) in [5, 5.41) is 12.2. The van der Waals surface area contributed by atoms with Crippen molar-refractivity contribution in [2.45, 2.75) is 6.42 Å². The average Bonchev–Trinajstić information content (AvgIpc) is 2.79. The van der Waals surface area contributed by atoms with Crippen LogP contribution in [0.4, 0.5) is 10.1 Å². The highest BCUT2D eigenvalue weighted by molar-refractivity contribution is 9.10. The van der Waals surface area contributed by atoms with Crippen LogP contribution in [0.1, 0.15) is 16.7 Å². The highest BCUT2D eigenvalue weighted by Crippen LogP contribution is 2.32. The number of methoxy groups -OCH3 is 2. The molecule has 3 aromatic rings. The summed E-state index contributed by atoms with van der Waals surface area (Å²) in [6.07, 6.45) is 1.94. The van der Waals surface area contributed by atoms with Crippen molar-refractivity contribution in [3.8, 4) is 17.6 Å². The molecular weight excluding hydrogens is 475 g/mol. The molecule has 1 amide bonds. The molecule has 7 heteroatoms. The minimum atomic E-state index is -0.531. The number of rotatable bonds is 7. The molecule has 0 bridgehead atoms. The normalized spacial score (nSPS) is 10.9. The number of carbonyl (C=O) groups excluding carboxylic acids is 1. The number of anilines is 1. The Morgan fingerprint density at radius 2 is 1.88 bits per heavy atom. The van der Waals surface area contributed by atoms with Crippen LogP contribution in [0.15, 0.2) is 70.7 Å². The van der Waals surface area contributed by atoms with Crippen LogP contribution >= 0.6 is 15.9 Å². The van der Waals surface area contributed by atoms with E-state index in [0.29, 0.717) is 29.2 Å². The number of amides is 1. The zero-order chi connectivity index (χ0) is 23.1. The monoisotopic (exact) mass is 494 g/mol. The first-order valence-electron chi connectivity index (χ1n) is 9.61. The molecule has 3 rings (SSSR count). The van der Waals surface area contributed by atoms with Gasteiger partial charge in [0.05, 0.1) is 14.2 Å². The van der Waals surface area contributed by atoms with Gasteiger partial charge in [0, 0.05) is 22.1 Å². The Hall–Kier alpha value is -3.63. The fourth-order valence-electron chi connectivity index (χ4n) is 3.11. The highest BCUT2D eigenvalue weighted by Gasteiger charge is 2.14. The van der Waals surface area contributed by atoms with Gasteiger partial charge in [0.2, 0.25) is 0 Å². The van der Waals surface area contributed by atoms with Crippen LogP contribution in [0.3, 0.4) is 0 Å². The fourth-order valence-corrected chi connectivity index (χ4v) is 3.71. The summed E-state index contributed by atoms with van der Waals surface area (Å²) in [6, 6.07) is 18.6. The largest absolute Gasteiger partial charge is 0.497 e. The van der Waals surface area contributed by atoms with E-state index in [-0.39, 0.29) is 11.4 Å². The minimum absolute atomic E-state index is 0.0624. The maximum Gasteiger partial charge on any atom is 0.266 e. The Kier molecular flexibility index (Phi) is 7.63. The van der Waals surface area contributed by atoms with Gasteiger partial charge in [0.15, 0.2) is 0 Å². The van der Waals surface area contributed by atoms with Gasteiger partial charge in [-0.25, -0.2) is 4.39 Å². The number of nitriles is 1. The molecule has 162 valence electrons. The van der Waals surface area contributed by atoms with Gasteiger partial charge in [-0.2, -0.15) is 5.26 Å². The Labute approximate surface area is 194 Å². The molecule has 0 radical (unpaired) electrons. The summed E-state index contributed by atoms with van der Waals surface area (Å²) < 4.78 is 24.9. The van der Waals surface area contributed by atoms with Crippen molar-refractivity contribution >= 4 is 33.6 Å². The first-order chi connectivity index (χ1) is 15.4. The van der Waals surface area contributed by atoms with Gasteiger partial charge in [-0.05, 0) is 65.7 Å². The lowest BCUT2D eigenvalue weighted by Crippen LogP contribution is -2.13. The van der Waals surface area contributed by atoms with E-state index in [1.54, 1.807) is 49.6 Å². The van der Waals surface area contributed by atoms with Gasteiger partial charge in [-0.15, -0.1) is 0 Å². The van der Waals surface area contributed by atoms with E-state index in [1.165, 1.54) is 25.3 Å².